The lowest BCUT2D eigenvalue weighted by atomic mass is 9.92. The summed E-state index contributed by atoms with van der Waals surface area (Å²) in [6.07, 6.45) is 2.74. The molecule has 2 heterocycles. The van der Waals surface area contributed by atoms with Crippen molar-refractivity contribution in [2.24, 2.45) is 5.41 Å². The fourth-order valence-electron chi connectivity index (χ4n) is 1.63. The second kappa shape index (κ2) is 3.77. The Labute approximate surface area is 95.3 Å². The third kappa shape index (κ3) is 2.15. The molecule has 0 aromatic carbocycles. The van der Waals surface area contributed by atoms with Gasteiger partial charge in [-0.1, -0.05) is 20.8 Å². The van der Waals surface area contributed by atoms with E-state index in [0.29, 0.717) is 0 Å². The van der Waals surface area contributed by atoms with Crippen molar-refractivity contribution < 1.29 is 4.74 Å². The summed E-state index contributed by atoms with van der Waals surface area (Å²) in [5.41, 5.74) is 0.974. The highest BCUT2D eigenvalue weighted by Crippen LogP contribution is 2.21. The first-order valence-corrected chi connectivity index (χ1v) is 5.38. The van der Waals surface area contributed by atoms with Gasteiger partial charge in [-0.05, 0) is 17.5 Å². The number of hydrogen-bond donors (Lipinski definition) is 0. The second-order valence-corrected chi connectivity index (χ2v) is 5.11. The van der Waals surface area contributed by atoms with Gasteiger partial charge in [-0.2, -0.15) is 5.10 Å². The van der Waals surface area contributed by atoms with Crippen molar-refractivity contribution in [1.29, 1.82) is 0 Å². The number of pyridine rings is 1. The molecule has 0 saturated carbocycles. The van der Waals surface area contributed by atoms with Crippen molar-refractivity contribution in [3.05, 3.63) is 24.2 Å². The molecule has 0 N–H and O–H groups in total. The Bertz CT molecular complexity index is 496. The summed E-state index contributed by atoms with van der Waals surface area (Å²) in [5, 5.41) is 4.43. The fourth-order valence-corrected chi connectivity index (χ4v) is 1.63. The standard InChI is InChI=1S/C12H17N3O/c1-12(2,3)8-10-13-11-9(16-4)6-5-7-15(11)14-10/h5-7H,8H2,1-4H3. The summed E-state index contributed by atoms with van der Waals surface area (Å²) in [6, 6.07) is 3.80. The van der Waals surface area contributed by atoms with Crippen LogP contribution in [0.5, 0.6) is 5.75 Å². The molecule has 86 valence electrons. The van der Waals surface area contributed by atoms with Crippen LogP contribution in [0.25, 0.3) is 5.65 Å². The minimum atomic E-state index is 0.193. The third-order valence-corrected chi connectivity index (χ3v) is 2.28. The molecule has 2 aromatic heterocycles. The molecule has 2 aromatic rings. The summed E-state index contributed by atoms with van der Waals surface area (Å²) in [4.78, 5) is 4.50. The van der Waals surface area contributed by atoms with E-state index < -0.39 is 0 Å². The lowest BCUT2D eigenvalue weighted by Crippen LogP contribution is -2.10. The Hall–Kier alpha value is -1.58. The molecule has 0 fully saturated rings. The summed E-state index contributed by atoms with van der Waals surface area (Å²) in [6.45, 7) is 6.53. The molecule has 4 nitrogen and oxygen atoms in total. The highest BCUT2D eigenvalue weighted by atomic mass is 16.5. The van der Waals surface area contributed by atoms with Crippen molar-refractivity contribution >= 4 is 5.65 Å². The second-order valence-electron chi connectivity index (χ2n) is 5.11. The van der Waals surface area contributed by atoms with Crippen LogP contribution in [-0.2, 0) is 6.42 Å². The number of rotatable bonds is 2. The Kier molecular flexibility index (Phi) is 2.58. The minimum absolute atomic E-state index is 0.193. The van der Waals surface area contributed by atoms with Gasteiger partial charge in [0.1, 0.15) is 0 Å². The average Bonchev–Trinajstić information content (AvgIpc) is 2.56. The summed E-state index contributed by atoms with van der Waals surface area (Å²) < 4.78 is 7.01. The molecule has 0 radical (unpaired) electrons. The summed E-state index contributed by atoms with van der Waals surface area (Å²) >= 11 is 0. The topological polar surface area (TPSA) is 39.4 Å². The summed E-state index contributed by atoms with van der Waals surface area (Å²) in [7, 11) is 1.65. The summed E-state index contributed by atoms with van der Waals surface area (Å²) in [5.74, 6) is 1.62. The Morgan fingerprint density at radius 3 is 2.75 bits per heavy atom. The zero-order chi connectivity index (χ0) is 11.8. The Balaban J connectivity index is 2.44. The fraction of sp³-hybridized carbons (Fsp3) is 0.500. The molecule has 0 bridgehead atoms. The zero-order valence-electron chi connectivity index (χ0n) is 10.2. The van der Waals surface area contributed by atoms with Gasteiger partial charge in [0.2, 0.25) is 0 Å². The van der Waals surface area contributed by atoms with E-state index >= 15 is 0 Å². The third-order valence-electron chi connectivity index (χ3n) is 2.28. The number of fused-ring (bicyclic) bond motifs is 1. The van der Waals surface area contributed by atoms with E-state index in [1.54, 1.807) is 11.6 Å². The van der Waals surface area contributed by atoms with Gasteiger partial charge in [-0.25, -0.2) is 9.50 Å². The largest absolute Gasteiger partial charge is 0.493 e. The van der Waals surface area contributed by atoms with Gasteiger partial charge in [-0.15, -0.1) is 0 Å². The van der Waals surface area contributed by atoms with Gasteiger partial charge >= 0.3 is 0 Å². The normalized spacial score (nSPS) is 12.0. The van der Waals surface area contributed by atoms with Crippen LogP contribution in [0.15, 0.2) is 18.3 Å². The minimum Gasteiger partial charge on any atom is -0.493 e. The van der Waals surface area contributed by atoms with Crippen molar-refractivity contribution in [3.63, 3.8) is 0 Å². The van der Waals surface area contributed by atoms with Crippen LogP contribution in [0, 0.1) is 5.41 Å². The van der Waals surface area contributed by atoms with Gasteiger partial charge in [0.05, 0.1) is 7.11 Å². The quantitative estimate of drug-likeness (QED) is 0.778. The Morgan fingerprint density at radius 2 is 2.12 bits per heavy atom. The lowest BCUT2D eigenvalue weighted by molar-refractivity contribution is 0.400. The Morgan fingerprint density at radius 1 is 1.38 bits per heavy atom. The zero-order valence-corrected chi connectivity index (χ0v) is 10.2. The van der Waals surface area contributed by atoms with Crippen LogP contribution in [-0.4, -0.2) is 21.7 Å². The number of nitrogens with zero attached hydrogens (tertiary/aromatic N) is 3. The van der Waals surface area contributed by atoms with Gasteiger partial charge in [0, 0.05) is 12.6 Å². The molecule has 0 spiro atoms. The number of hydrogen-bond acceptors (Lipinski definition) is 3. The highest BCUT2D eigenvalue weighted by molar-refractivity contribution is 5.52. The van der Waals surface area contributed by atoms with Gasteiger partial charge in [-0.3, -0.25) is 0 Å². The van der Waals surface area contributed by atoms with E-state index in [9.17, 15) is 0 Å². The van der Waals surface area contributed by atoms with Crippen LogP contribution in [0.3, 0.4) is 0 Å². The number of aromatic nitrogens is 3. The van der Waals surface area contributed by atoms with Gasteiger partial charge in [0.25, 0.3) is 0 Å². The molecule has 0 saturated heterocycles. The molecule has 0 aliphatic rings. The predicted molar refractivity (Wildman–Crippen MR) is 62.7 cm³/mol. The molecule has 0 amide bonds. The maximum Gasteiger partial charge on any atom is 0.198 e. The SMILES string of the molecule is COc1cccn2nc(CC(C)(C)C)nc12. The predicted octanol–water partition coefficient (Wildman–Crippen LogP) is 2.33. The maximum atomic E-state index is 5.25. The first kappa shape index (κ1) is 10.9. The van der Waals surface area contributed by atoms with E-state index in [1.165, 1.54) is 0 Å². The van der Waals surface area contributed by atoms with E-state index in [0.717, 1.165) is 23.6 Å². The van der Waals surface area contributed by atoms with E-state index in [1.807, 2.05) is 18.3 Å². The average molecular weight is 219 g/mol. The number of methoxy groups -OCH3 is 1. The van der Waals surface area contributed by atoms with Crippen LogP contribution in [0.1, 0.15) is 26.6 Å². The first-order chi connectivity index (χ1) is 7.49. The monoisotopic (exact) mass is 219 g/mol. The molecule has 4 heteroatoms. The van der Waals surface area contributed by atoms with Gasteiger partial charge in [0.15, 0.2) is 17.2 Å². The van der Waals surface area contributed by atoms with E-state index in [2.05, 4.69) is 30.9 Å². The molecule has 0 unspecified atom stereocenters. The molecule has 16 heavy (non-hydrogen) atoms. The lowest BCUT2D eigenvalue weighted by Gasteiger charge is -2.14. The van der Waals surface area contributed by atoms with Gasteiger partial charge < -0.3 is 4.74 Å². The van der Waals surface area contributed by atoms with Crippen molar-refractivity contribution in [1.82, 2.24) is 14.6 Å². The van der Waals surface area contributed by atoms with Crippen LogP contribution in [0.2, 0.25) is 0 Å². The molecular weight excluding hydrogens is 202 g/mol. The van der Waals surface area contributed by atoms with Crippen molar-refractivity contribution in [2.45, 2.75) is 27.2 Å². The smallest absolute Gasteiger partial charge is 0.198 e. The first-order valence-electron chi connectivity index (χ1n) is 5.38. The van der Waals surface area contributed by atoms with Crippen LogP contribution < -0.4 is 4.74 Å². The molecule has 0 aliphatic carbocycles. The van der Waals surface area contributed by atoms with Crippen molar-refractivity contribution in [2.75, 3.05) is 7.11 Å². The van der Waals surface area contributed by atoms with Crippen molar-refractivity contribution in [3.8, 4) is 5.75 Å². The highest BCUT2D eigenvalue weighted by Gasteiger charge is 2.16. The molecular formula is C12H17N3O. The molecule has 0 aliphatic heterocycles. The molecule has 0 atom stereocenters. The van der Waals surface area contributed by atoms with Crippen LogP contribution in [0.4, 0.5) is 0 Å². The molecule has 2 rings (SSSR count). The number of ether oxygens (including phenoxy) is 1. The van der Waals surface area contributed by atoms with Crippen LogP contribution >= 0.6 is 0 Å². The van der Waals surface area contributed by atoms with E-state index in [4.69, 9.17) is 4.74 Å². The van der Waals surface area contributed by atoms with E-state index in [-0.39, 0.29) is 5.41 Å². The maximum absolute atomic E-state index is 5.25.